The summed E-state index contributed by atoms with van der Waals surface area (Å²) in [6, 6.07) is 8.67. The number of benzene rings is 1. The van der Waals surface area contributed by atoms with Gasteiger partial charge in [-0.25, -0.2) is 9.98 Å². The molecule has 0 aliphatic rings. The Morgan fingerprint density at radius 2 is 1.87 bits per heavy atom. The fourth-order valence-electron chi connectivity index (χ4n) is 2.67. The zero-order chi connectivity index (χ0) is 22.1. The molecule has 1 heterocycles. The monoisotopic (exact) mass is 569 g/mol. The van der Waals surface area contributed by atoms with Gasteiger partial charge in [0.15, 0.2) is 11.7 Å². The maximum Gasteiger partial charge on any atom is 0.434 e. The Labute approximate surface area is 203 Å². The van der Waals surface area contributed by atoms with E-state index in [1.807, 2.05) is 19.1 Å². The molecule has 0 saturated heterocycles. The van der Waals surface area contributed by atoms with Crippen molar-refractivity contribution in [3.05, 3.63) is 51.5 Å². The largest absolute Gasteiger partial charge is 0.434 e. The molecule has 0 atom stereocenters. The van der Waals surface area contributed by atoms with E-state index in [4.69, 9.17) is 0 Å². The number of halogens is 4. The first-order valence-corrected chi connectivity index (χ1v) is 10.9. The number of thiazole rings is 1. The molecule has 0 unspecified atom stereocenters. The number of guanidine groups is 1. The first-order valence-electron chi connectivity index (χ1n) is 10.0. The van der Waals surface area contributed by atoms with Crippen LogP contribution in [0.25, 0.3) is 0 Å². The fraction of sp³-hybridized carbons (Fsp3) is 0.524. The number of aromatic nitrogens is 1. The number of rotatable bonds is 9. The van der Waals surface area contributed by atoms with Crippen LogP contribution in [0.2, 0.25) is 0 Å². The predicted molar refractivity (Wildman–Crippen MR) is 132 cm³/mol. The van der Waals surface area contributed by atoms with Crippen LogP contribution in [0.15, 0.2) is 34.6 Å². The van der Waals surface area contributed by atoms with Crippen molar-refractivity contribution in [2.24, 2.45) is 4.99 Å². The van der Waals surface area contributed by atoms with Crippen LogP contribution < -0.4 is 10.6 Å². The van der Waals surface area contributed by atoms with Crippen LogP contribution in [0.4, 0.5) is 13.2 Å². The van der Waals surface area contributed by atoms with Gasteiger partial charge < -0.3 is 10.6 Å². The van der Waals surface area contributed by atoms with Crippen molar-refractivity contribution in [3.8, 4) is 0 Å². The average molecular weight is 569 g/mol. The van der Waals surface area contributed by atoms with Crippen molar-refractivity contribution >= 4 is 41.3 Å². The van der Waals surface area contributed by atoms with Gasteiger partial charge in [0.1, 0.15) is 0 Å². The first kappa shape index (κ1) is 27.6. The number of nitrogens with one attached hydrogen (secondary N) is 2. The second-order valence-corrected chi connectivity index (χ2v) is 8.22. The fourth-order valence-corrected chi connectivity index (χ4v) is 3.47. The van der Waals surface area contributed by atoms with Crippen molar-refractivity contribution < 1.29 is 13.2 Å². The molecule has 0 radical (unpaired) electrons. The molecule has 0 amide bonds. The summed E-state index contributed by atoms with van der Waals surface area (Å²) in [5.74, 6) is 0.636. The molecule has 31 heavy (non-hydrogen) atoms. The Bertz CT molecular complexity index is 823. The van der Waals surface area contributed by atoms with E-state index in [1.54, 1.807) is 0 Å². The Morgan fingerprint density at radius 1 is 1.19 bits per heavy atom. The second-order valence-electron chi connectivity index (χ2n) is 7.27. The van der Waals surface area contributed by atoms with E-state index in [0.29, 0.717) is 43.1 Å². The Kier molecular flexibility index (Phi) is 11.8. The lowest BCUT2D eigenvalue weighted by Crippen LogP contribution is -2.38. The molecule has 10 heteroatoms. The molecule has 1 aromatic carbocycles. The predicted octanol–water partition coefficient (Wildman–Crippen LogP) is 4.92. The number of hydrogen-bond donors (Lipinski definition) is 2. The van der Waals surface area contributed by atoms with E-state index < -0.39 is 11.9 Å². The highest BCUT2D eigenvalue weighted by Gasteiger charge is 2.33. The average Bonchev–Trinajstić information content (AvgIpc) is 3.16. The maximum atomic E-state index is 12.7. The van der Waals surface area contributed by atoms with E-state index in [2.05, 4.69) is 58.5 Å². The summed E-state index contributed by atoms with van der Waals surface area (Å²) in [5, 5.41) is 7.87. The van der Waals surface area contributed by atoms with Gasteiger partial charge in [-0.2, -0.15) is 13.2 Å². The second kappa shape index (κ2) is 13.2. The number of hydrogen-bond acceptors (Lipinski definition) is 4. The minimum absolute atomic E-state index is 0. The normalized spacial score (nSPS) is 12.2. The number of aliphatic imine (C=N–C) groups is 1. The molecule has 0 fully saturated rings. The van der Waals surface area contributed by atoms with Crippen LogP contribution in [-0.4, -0.2) is 42.0 Å². The van der Waals surface area contributed by atoms with Crippen molar-refractivity contribution in [1.82, 2.24) is 20.5 Å². The van der Waals surface area contributed by atoms with Crippen molar-refractivity contribution in [2.45, 2.75) is 52.5 Å². The van der Waals surface area contributed by atoms with Crippen LogP contribution in [0.5, 0.6) is 0 Å². The molecule has 0 spiro atoms. The van der Waals surface area contributed by atoms with Crippen LogP contribution in [0, 0.1) is 0 Å². The molecule has 2 N–H and O–H groups in total. The molecule has 2 aromatic rings. The summed E-state index contributed by atoms with van der Waals surface area (Å²) >= 11 is 1.03. The summed E-state index contributed by atoms with van der Waals surface area (Å²) in [5.41, 5.74) is 1.55. The highest BCUT2D eigenvalue weighted by atomic mass is 127. The Hall–Kier alpha value is -1.40. The summed E-state index contributed by atoms with van der Waals surface area (Å²) in [7, 11) is 2.10. The van der Waals surface area contributed by atoms with Crippen molar-refractivity contribution in [2.75, 3.05) is 20.1 Å². The van der Waals surface area contributed by atoms with Gasteiger partial charge in [0.2, 0.25) is 0 Å². The van der Waals surface area contributed by atoms with E-state index in [9.17, 15) is 13.2 Å². The van der Waals surface area contributed by atoms with Gasteiger partial charge in [-0.05, 0) is 38.9 Å². The lowest BCUT2D eigenvalue weighted by atomic mass is 10.1. The molecule has 174 valence electrons. The Balaban J connectivity index is 0.00000480. The topological polar surface area (TPSA) is 52.6 Å². The van der Waals surface area contributed by atoms with Crippen LogP contribution >= 0.6 is 35.3 Å². The molecular weight excluding hydrogens is 538 g/mol. The van der Waals surface area contributed by atoms with E-state index >= 15 is 0 Å². The lowest BCUT2D eigenvalue weighted by molar-refractivity contribution is -0.140. The SMILES string of the molecule is CCNC(=NCc1ccccc1CN(C)C(C)C)NCCc1nc(C(F)(F)F)cs1.I. The Morgan fingerprint density at radius 3 is 2.45 bits per heavy atom. The molecule has 1 aromatic heterocycles. The van der Waals surface area contributed by atoms with Crippen LogP contribution in [0.3, 0.4) is 0 Å². The van der Waals surface area contributed by atoms with Gasteiger partial charge in [0.05, 0.1) is 11.6 Å². The van der Waals surface area contributed by atoms with E-state index in [1.165, 1.54) is 5.56 Å². The van der Waals surface area contributed by atoms with Crippen LogP contribution in [-0.2, 0) is 25.7 Å². The van der Waals surface area contributed by atoms with Gasteiger partial charge in [0.25, 0.3) is 0 Å². The standard InChI is InChI=1S/C21H30F3N5S.HI/c1-5-25-20(26-11-10-19-28-18(14-30-19)21(22,23)24)27-12-16-8-6-7-9-17(16)13-29(4)15(2)3;/h6-9,14-15H,5,10-13H2,1-4H3,(H2,25,26,27);1H. The molecule has 0 bridgehead atoms. The molecule has 0 aliphatic carbocycles. The summed E-state index contributed by atoms with van der Waals surface area (Å²) < 4.78 is 38.0. The molecule has 5 nitrogen and oxygen atoms in total. The van der Waals surface area contributed by atoms with Crippen molar-refractivity contribution in [3.63, 3.8) is 0 Å². The van der Waals surface area contributed by atoms with Gasteiger partial charge in [-0.15, -0.1) is 35.3 Å². The molecule has 2 rings (SSSR count). The molecular formula is C21H31F3IN5S. The summed E-state index contributed by atoms with van der Waals surface area (Å²) in [4.78, 5) is 10.6. The van der Waals surface area contributed by atoms with Gasteiger partial charge in [-0.3, -0.25) is 4.90 Å². The third kappa shape index (κ3) is 9.32. The number of alkyl halides is 3. The maximum absolute atomic E-state index is 12.7. The lowest BCUT2D eigenvalue weighted by Gasteiger charge is -2.22. The first-order chi connectivity index (χ1) is 14.2. The van der Waals surface area contributed by atoms with Gasteiger partial charge in [-0.1, -0.05) is 24.3 Å². The van der Waals surface area contributed by atoms with Gasteiger partial charge >= 0.3 is 6.18 Å². The summed E-state index contributed by atoms with van der Waals surface area (Å²) in [6.07, 6.45) is -3.99. The van der Waals surface area contributed by atoms with E-state index in [0.717, 1.165) is 28.8 Å². The molecule has 0 saturated carbocycles. The zero-order valence-corrected chi connectivity index (χ0v) is 21.4. The minimum atomic E-state index is -4.39. The zero-order valence-electron chi connectivity index (χ0n) is 18.3. The third-order valence-electron chi connectivity index (χ3n) is 4.64. The highest BCUT2D eigenvalue weighted by molar-refractivity contribution is 14.0. The third-order valence-corrected chi connectivity index (χ3v) is 5.55. The van der Waals surface area contributed by atoms with Gasteiger partial charge in [0, 0.05) is 37.5 Å². The van der Waals surface area contributed by atoms with Crippen LogP contribution in [0.1, 0.15) is 42.6 Å². The smallest absolute Gasteiger partial charge is 0.357 e. The summed E-state index contributed by atoms with van der Waals surface area (Å²) in [6.45, 7) is 8.81. The van der Waals surface area contributed by atoms with E-state index in [-0.39, 0.29) is 24.0 Å². The minimum Gasteiger partial charge on any atom is -0.357 e. The van der Waals surface area contributed by atoms with Crippen molar-refractivity contribution in [1.29, 1.82) is 0 Å². The molecule has 0 aliphatic heterocycles. The highest BCUT2D eigenvalue weighted by Crippen LogP contribution is 2.30. The quantitative estimate of drug-likeness (QED) is 0.256. The number of nitrogens with zero attached hydrogens (tertiary/aromatic N) is 3.